The SMILES string of the molecule is CCCS(=O)(=O)c1c(N)nsc1N1CC(C)C(C)C1. The van der Waals surface area contributed by atoms with Gasteiger partial charge in [-0.3, -0.25) is 0 Å². The highest BCUT2D eigenvalue weighted by Crippen LogP contribution is 2.39. The molecule has 2 heterocycles. The van der Waals surface area contributed by atoms with Crippen LogP contribution in [0.2, 0.25) is 0 Å². The van der Waals surface area contributed by atoms with Gasteiger partial charge in [-0.2, -0.15) is 4.37 Å². The summed E-state index contributed by atoms with van der Waals surface area (Å²) in [6, 6.07) is 0. The quantitative estimate of drug-likeness (QED) is 0.920. The minimum atomic E-state index is -3.32. The number of sulfone groups is 1. The molecule has 2 rings (SSSR count). The van der Waals surface area contributed by atoms with E-state index in [-0.39, 0.29) is 16.5 Å². The zero-order valence-corrected chi connectivity index (χ0v) is 13.2. The highest BCUT2D eigenvalue weighted by atomic mass is 32.2. The lowest BCUT2D eigenvalue weighted by molar-refractivity contribution is 0.494. The molecule has 1 aromatic heterocycles. The van der Waals surface area contributed by atoms with E-state index in [9.17, 15) is 8.42 Å². The molecule has 0 amide bonds. The molecule has 1 aliphatic heterocycles. The van der Waals surface area contributed by atoms with Gasteiger partial charge in [0, 0.05) is 13.1 Å². The van der Waals surface area contributed by atoms with Crippen LogP contribution in [0.4, 0.5) is 10.8 Å². The molecule has 1 aromatic rings. The molecule has 1 aliphatic rings. The molecule has 0 aliphatic carbocycles. The fourth-order valence-corrected chi connectivity index (χ4v) is 5.22. The van der Waals surface area contributed by atoms with Crippen LogP contribution in [-0.2, 0) is 9.84 Å². The summed E-state index contributed by atoms with van der Waals surface area (Å²) in [5.74, 6) is 1.40. The highest BCUT2D eigenvalue weighted by molar-refractivity contribution is 7.91. The molecular weight excluding hydrogens is 282 g/mol. The topological polar surface area (TPSA) is 76.3 Å². The van der Waals surface area contributed by atoms with Crippen molar-refractivity contribution in [2.24, 2.45) is 11.8 Å². The molecule has 19 heavy (non-hydrogen) atoms. The summed E-state index contributed by atoms with van der Waals surface area (Å²) < 4.78 is 28.7. The fourth-order valence-electron chi connectivity index (χ4n) is 2.44. The summed E-state index contributed by atoms with van der Waals surface area (Å²) in [6.07, 6.45) is 0.587. The number of nitrogens with two attached hydrogens (primary N) is 1. The minimum Gasteiger partial charge on any atom is -0.382 e. The lowest BCUT2D eigenvalue weighted by Crippen LogP contribution is -2.21. The van der Waals surface area contributed by atoms with Crippen molar-refractivity contribution >= 4 is 32.2 Å². The van der Waals surface area contributed by atoms with Crippen LogP contribution in [0, 0.1) is 11.8 Å². The predicted octanol–water partition coefficient (Wildman–Crippen LogP) is 2.00. The van der Waals surface area contributed by atoms with Crippen LogP contribution in [0.1, 0.15) is 27.2 Å². The fraction of sp³-hybridized carbons (Fsp3) is 0.750. The Morgan fingerprint density at radius 3 is 2.47 bits per heavy atom. The van der Waals surface area contributed by atoms with Gasteiger partial charge in [-0.05, 0) is 29.8 Å². The van der Waals surface area contributed by atoms with Gasteiger partial charge in [-0.25, -0.2) is 8.42 Å². The zero-order chi connectivity index (χ0) is 14.2. The van der Waals surface area contributed by atoms with Crippen LogP contribution >= 0.6 is 11.5 Å². The Morgan fingerprint density at radius 1 is 1.37 bits per heavy atom. The van der Waals surface area contributed by atoms with Gasteiger partial charge in [0.1, 0.15) is 9.90 Å². The van der Waals surface area contributed by atoms with E-state index in [1.54, 1.807) is 0 Å². The van der Waals surface area contributed by atoms with Crippen LogP contribution in [0.3, 0.4) is 0 Å². The molecule has 7 heteroatoms. The molecule has 0 saturated carbocycles. The molecule has 0 radical (unpaired) electrons. The monoisotopic (exact) mass is 303 g/mol. The Hall–Kier alpha value is -0.820. The summed E-state index contributed by atoms with van der Waals surface area (Å²) in [5, 5.41) is 0.724. The Kier molecular flexibility index (Phi) is 4.06. The maximum Gasteiger partial charge on any atom is 0.185 e. The highest BCUT2D eigenvalue weighted by Gasteiger charge is 2.33. The van der Waals surface area contributed by atoms with Crippen molar-refractivity contribution < 1.29 is 8.42 Å². The van der Waals surface area contributed by atoms with Gasteiger partial charge in [0.25, 0.3) is 0 Å². The van der Waals surface area contributed by atoms with Crippen molar-refractivity contribution in [3.05, 3.63) is 0 Å². The molecule has 1 fully saturated rings. The van der Waals surface area contributed by atoms with Crippen LogP contribution in [0.25, 0.3) is 0 Å². The lowest BCUT2D eigenvalue weighted by Gasteiger charge is -2.17. The molecule has 0 bridgehead atoms. The summed E-state index contributed by atoms with van der Waals surface area (Å²) in [7, 11) is -3.32. The first-order valence-corrected chi connectivity index (χ1v) is 9.02. The first kappa shape index (κ1) is 14.6. The van der Waals surface area contributed by atoms with Gasteiger partial charge in [0.05, 0.1) is 5.75 Å². The van der Waals surface area contributed by atoms with Crippen LogP contribution in [-0.4, -0.2) is 31.6 Å². The van der Waals surface area contributed by atoms with Crippen molar-refractivity contribution in [2.75, 3.05) is 29.5 Å². The number of nitrogen functional groups attached to an aromatic ring is 1. The van der Waals surface area contributed by atoms with Gasteiger partial charge >= 0.3 is 0 Å². The maximum atomic E-state index is 12.3. The van der Waals surface area contributed by atoms with E-state index in [1.807, 2.05) is 6.92 Å². The number of rotatable bonds is 4. The van der Waals surface area contributed by atoms with E-state index in [4.69, 9.17) is 5.73 Å². The summed E-state index contributed by atoms with van der Waals surface area (Å²) >= 11 is 1.20. The molecule has 2 atom stereocenters. The minimum absolute atomic E-state index is 0.127. The number of hydrogen-bond acceptors (Lipinski definition) is 6. The first-order valence-electron chi connectivity index (χ1n) is 6.59. The van der Waals surface area contributed by atoms with Crippen LogP contribution < -0.4 is 10.6 Å². The van der Waals surface area contributed by atoms with Crippen molar-refractivity contribution in [3.8, 4) is 0 Å². The molecule has 108 valence electrons. The van der Waals surface area contributed by atoms with Gasteiger partial charge in [-0.15, -0.1) is 0 Å². The number of hydrogen-bond donors (Lipinski definition) is 1. The second-order valence-electron chi connectivity index (χ2n) is 5.38. The molecule has 2 N–H and O–H groups in total. The zero-order valence-electron chi connectivity index (χ0n) is 11.6. The molecule has 1 saturated heterocycles. The van der Waals surface area contributed by atoms with Crippen molar-refractivity contribution in [1.82, 2.24) is 4.37 Å². The predicted molar refractivity (Wildman–Crippen MR) is 79.4 cm³/mol. The maximum absolute atomic E-state index is 12.3. The van der Waals surface area contributed by atoms with Gasteiger partial charge < -0.3 is 10.6 Å². The van der Waals surface area contributed by atoms with E-state index in [2.05, 4.69) is 23.1 Å². The molecular formula is C12H21N3O2S2. The van der Waals surface area contributed by atoms with Gasteiger partial charge in [-0.1, -0.05) is 20.8 Å². The summed E-state index contributed by atoms with van der Waals surface area (Å²) in [6.45, 7) is 7.98. The van der Waals surface area contributed by atoms with Gasteiger partial charge in [0.15, 0.2) is 15.7 Å². The third-order valence-corrected chi connectivity index (χ3v) is 6.74. The second kappa shape index (κ2) is 5.28. The molecule has 5 nitrogen and oxygen atoms in total. The van der Waals surface area contributed by atoms with Gasteiger partial charge in [0.2, 0.25) is 0 Å². The van der Waals surface area contributed by atoms with E-state index in [1.165, 1.54) is 11.5 Å². The lowest BCUT2D eigenvalue weighted by atomic mass is 10.0. The second-order valence-corrected chi connectivity index (χ2v) is 8.18. The Balaban J connectivity index is 2.39. The third-order valence-electron chi connectivity index (χ3n) is 3.72. The summed E-state index contributed by atoms with van der Waals surface area (Å²) in [5.41, 5.74) is 5.79. The number of nitrogens with zero attached hydrogens (tertiary/aromatic N) is 2. The van der Waals surface area contributed by atoms with Crippen molar-refractivity contribution in [3.63, 3.8) is 0 Å². The molecule has 0 spiro atoms. The van der Waals surface area contributed by atoms with E-state index in [0.717, 1.165) is 18.1 Å². The van der Waals surface area contributed by atoms with Crippen molar-refractivity contribution in [1.29, 1.82) is 0 Å². The molecule has 2 unspecified atom stereocenters. The Bertz CT molecular complexity index is 543. The Morgan fingerprint density at radius 2 is 1.95 bits per heavy atom. The van der Waals surface area contributed by atoms with E-state index < -0.39 is 9.84 Å². The Labute approximate surface area is 118 Å². The van der Waals surface area contributed by atoms with Crippen molar-refractivity contribution in [2.45, 2.75) is 32.1 Å². The van der Waals surface area contributed by atoms with Crippen LogP contribution in [0.15, 0.2) is 4.90 Å². The van der Waals surface area contributed by atoms with E-state index in [0.29, 0.717) is 18.3 Å². The third kappa shape index (κ3) is 2.72. The first-order chi connectivity index (χ1) is 8.86. The van der Waals surface area contributed by atoms with Crippen LogP contribution in [0.5, 0.6) is 0 Å². The number of anilines is 2. The average Bonchev–Trinajstić information content (AvgIpc) is 2.83. The average molecular weight is 303 g/mol. The smallest absolute Gasteiger partial charge is 0.185 e. The van der Waals surface area contributed by atoms with E-state index >= 15 is 0 Å². The normalized spacial score (nSPS) is 24.1. The molecule has 0 aromatic carbocycles. The largest absolute Gasteiger partial charge is 0.382 e. The summed E-state index contributed by atoms with van der Waals surface area (Å²) in [4.78, 5) is 2.37. The standard InChI is InChI=1S/C12H21N3O2S2/c1-4-5-19(16,17)10-11(13)14-18-12(10)15-6-8(2)9(3)7-15/h8-9H,4-7H2,1-3H3,(H2,13,14). The number of aromatic nitrogens is 1.